The van der Waals surface area contributed by atoms with Gasteiger partial charge in [-0.25, -0.2) is 0 Å². The molecule has 0 unspecified atom stereocenters. The van der Waals surface area contributed by atoms with Crippen molar-refractivity contribution < 1.29 is 15.0 Å². The number of hydrogen-bond acceptors (Lipinski definition) is 3. The maximum Gasteiger partial charge on any atom is 0.317 e. The van der Waals surface area contributed by atoms with Gasteiger partial charge >= 0.3 is 5.97 Å². The molecular formula is C10H19NO3. The van der Waals surface area contributed by atoms with Crippen LogP contribution < -0.4 is 0 Å². The van der Waals surface area contributed by atoms with Crippen molar-refractivity contribution in [2.24, 2.45) is 0 Å². The van der Waals surface area contributed by atoms with E-state index in [1.807, 2.05) is 4.90 Å². The van der Waals surface area contributed by atoms with Gasteiger partial charge in [0, 0.05) is 13.2 Å². The fourth-order valence-corrected chi connectivity index (χ4v) is 1.23. The molecule has 0 heterocycles. The second kappa shape index (κ2) is 8.72. The van der Waals surface area contributed by atoms with Crippen LogP contribution >= 0.6 is 0 Å². The van der Waals surface area contributed by atoms with Crippen LogP contribution in [0.3, 0.4) is 0 Å². The molecule has 0 saturated heterocycles. The second-order valence-electron chi connectivity index (χ2n) is 3.20. The Kier molecular flexibility index (Phi) is 8.17. The monoisotopic (exact) mass is 201 g/mol. The third kappa shape index (κ3) is 7.76. The summed E-state index contributed by atoms with van der Waals surface area (Å²) in [5.41, 5.74) is 0. The number of unbranched alkanes of at least 4 members (excludes halogenated alkanes) is 2. The Hall–Kier alpha value is -0.870. The molecule has 0 amide bonds. The Morgan fingerprint density at radius 3 is 2.57 bits per heavy atom. The van der Waals surface area contributed by atoms with Crippen LogP contribution in [-0.2, 0) is 4.79 Å². The van der Waals surface area contributed by atoms with E-state index in [1.54, 1.807) is 6.08 Å². The van der Waals surface area contributed by atoms with Crippen molar-refractivity contribution in [3.05, 3.63) is 12.7 Å². The molecule has 0 atom stereocenters. The van der Waals surface area contributed by atoms with Gasteiger partial charge in [-0.1, -0.05) is 6.08 Å². The van der Waals surface area contributed by atoms with E-state index in [9.17, 15) is 4.79 Å². The maximum absolute atomic E-state index is 10.5. The zero-order valence-corrected chi connectivity index (χ0v) is 8.48. The summed E-state index contributed by atoms with van der Waals surface area (Å²) in [5.74, 6) is -0.811. The number of carboxylic acid groups (broad SMARTS) is 1. The van der Waals surface area contributed by atoms with Crippen molar-refractivity contribution in [3.63, 3.8) is 0 Å². The van der Waals surface area contributed by atoms with Gasteiger partial charge in [-0.05, 0) is 25.8 Å². The van der Waals surface area contributed by atoms with Gasteiger partial charge < -0.3 is 10.2 Å². The van der Waals surface area contributed by atoms with Gasteiger partial charge in [-0.2, -0.15) is 0 Å². The van der Waals surface area contributed by atoms with E-state index in [1.165, 1.54) is 0 Å². The summed E-state index contributed by atoms with van der Waals surface area (Å²) in [6, 6.07) is 0. The Morgan fingerprint density at radius 2 is 2.07 bits per heavy atom. The number of aliphatic carboxylic acids is 1. The molecule has 0 rings (SSSR count). The second-order valence-corrected chi connectivity index (χ2v) is 3.20. The summed E-state index contributed by atoms with van der Waals surface area (Å²) in [4.78, 5) is 12.3. The largest absolute Gasteiger partial charge is 0.480 e. The molecule has 0 bridgehead atoms. The molecule has 2 N–H and O–H groups in total. The van der Waals surface area contributed by atoms with E-state index in [4.69, 9.17) is 10.2 Å². The topological polar surface area (TPSA) is 60.8 Å². The fraction of sp³-hybridized carbons (Fsp3) is 0.700. The van der Waals surface area contributed by atoms with Crippen LogP contribution in [0.5, 0.6) is 0 Å². The summed E-state index contributed by atoms with van der Waals surface area (Å²) < 4.78 is 0. The lowest BCUT2D eigenvalue weighted by atomic mass is 10.2. The molecule has 0 radical (unpaired) electrons. The third-order valence-electron chi connectivity index (χ3n) is 1.88. The van der Waals surface area contributed by atoms with Crippen molar-refractivity contribution in [3.8, 4) is 0 Å². The molecule has 0 saturated carbocycles. The lowest BCUT2D eigenvalue weighted by Crippen LogP contribution is -2.30. The zero-order chi connectivity index (χ0) is 10.8. The van der Waals surface area contributed by atoms with Crippen LogP contribution in [0.25, 0.3) is 0 Å². The number of carboxylic acids is 1. The lowest BCUT2D eigenvalue weighted by Gasteiger charge is -2.17. The summed E-state index contributed by atoms with van der Waals surface area (Å²) >= 11 is 0. The molecule has 0 aliphatic heterocycles. The van der Waals surface area contributed by atoms with Crippen LogP contribution in [0.15, 0.2) is 12.7 Å². The number of aliphatic hydroxyl groups excluding tert-OH is 1. The summed E-state index contributed by atoms with van der Waals surface area (Å²) in [6.45, 7) is 5.20. The molecular weight excluding hydrogens is 182 g/mol. The molecule has 4 nitrogen and oxygen atoms in total. The predicted octanol–water partition coefficient (Wildman–Crippen LogP) is 0.722. The molecule has 0 spiro atoms. The molecule has 14 heavy (non-hydrogen) atoms. The minimum atomic E-state index is -0.811. The van der Waals surface area contributed by atoms with Crippen molar-refractivity contribution in [2.45, 2.75) is 19.3 Å². The molecule has 0 fully saturated rings. The van der Waals surface area contributed by atoms with E-state index < -0.39 is 5.97 Å². The first-order chi connectivity index (χ1) is 6.70. The standard InChI is InChI=1S/C10H19NO3/c1-2-6-11(9-10(13)14)7-4-3-5-8-12/h2,12H,1,3-9H2,(H,13,14). The average molecular weight is 201 g/mol. The molecule has 0 aromatic heterocycles. The average Bonchev–Trinajstić information content (AvgIpc) is 2.12. The Balaban J connectivity index is 3.61. The molecule has 0 aliphatic rings. The van der Waals surface area contributed by atoms with Crippen molar-refractivity contribution in [2.75, 3.05) is 26.2 Å². The SMILES string of the molecule is C=CCN(CCCCCO)CC(=O)O. The summed E-state index contributed by atoms with van der Waals surface area (Å²) in [7, 11) is 0. The smallest absolute Gasteiger partial charge is 0.317 e. The number of aliphatic hydroxyl groups is 1. The first-order valence-electron chi connectivity index (χ1n) is 4.86. The quantitative estimate of drug-likeness (QED) is 0.426. The van der Waals surface area contributed by atoms with Crippen molar-refractivity contribution in [1.82, 2.24) is 4.90 Å². The van der Waals surface area contributed by atoms with Gasteiger partial charge in [0.2, 0.25) is 0 Å². The normalized spacial score (nSPS) is 10.4. The lowest BCUT2D eigenvalue weighted by molar-refractivity contribution is -0.138. The third-order valence-corrected chi connectivity index (χ3v) is 1.88. The van der Waals surface area contributed by atoms with Crippen LogP contribution in [0, 0.1) is 0 Å². The first kappa shape index (κ1) is 13.1. The minimum Gasteiger partial charge on any atom is -0.480 e. The minimum absolute atomic E-state index is 0.0607. The Bertz CT molecular complexity index is 171. The number of nitrogens with zero attached hydrogens (tertiary/aromatic N) is 1. The van der Waals surface area contributed by atoms with Gasteiger partial charge in [0.05, 0.1) is 6.54 Å². The van der Waals surface area contributed by atoms with Gasteiger partial charge in [-0.3, -0.25) is 9.69 Å². The van der Waals surface area contributed by atoms with E-state index in [2.05, 4.69) is 6.58 Å². The van der Waals surface area contributed by atoms with E-state index >= 15 is 0 Å². The van der Waals surface area contributed by atoms with E-state index in [-0.39, 0.29) is 13.2 Å². The van der Waals surface area contributed by atoms with E-state index in [0.29, 0.717) is 6.54 Å². The van der Waals surface area contributed by atoms with Gasteiger partial charge in [0.1, 0.15) is 0 Å². The highest BCUT2D eigenvalue weighted by atomic mass is 16.4. The maximum atomic E-state index is 10.5. The molecule has 4 heteroatoms. The molecule has 0 aromatic rings. The molecule has 82 valence electrons. The van der Waals surface area contributed by atoms with E-state index in [0.717, 1.165) is 25.8 Å². The van der Waals surface area contributed by atoms with Crippen LogP contribution in [-0.4, -0.2) is 47.3 Å². The number of carbonyl (C=O) groups is 1. The Labute approximate surface area is 84.8 Å². The summed E-state index contributed by atoms with van der Waals surface area (Å²) in [6.07, 6.45) is 4.34. The highest BCUT2D eigenvalue weighted by Gasteiger charge is 2.06. The highest BCUT2D eigenvalue weighted by Crippen LogP contribution is 1.98. The summed E-state index contributed by atoms with van der Waals surface area (Å²) in [5, 5.41) is 17.2. The van der Waals surface area contributed by atoms with Gasteiger partial charge in [0.15, 0.2) is 0 Å². The first-order valence-corrected chi connectivity index (χ1v) is 4.86. The van der Waals surface area contributed by atoms with Crippen molar-refractivity contribution >= 4 is 5.97 Å². The number of hydrogen-bond donors (Lipinski definition) is 2. The molecule has 0 aromatic carbocycles. The van der Waals surface area contributed by atoms with Crippen molar-refractivity contribution in [1.29, 1.82) is 0 Å². The van der Waals surface area contributed by atoms with Crippen LogP contribution in [0.4, 0.5) is 0 Å². The molecule has 0 aliphatic carbocycles. The van der Waals surface area contributed by atoms with Crippen LogP contribution in [0.2, 0.25) is 0 Å². The predicted molar refractivity (Wildman–Crippen MR) is 55.2 cm³/mol. The fourth-order valence-electron chi connectivity index (χ4n) is 1.23. The number of rotatable bonds is 9. The highest BCUT2D eigenvalue weighted by molar-refractivity contribution is 5.69. The van der Waals surface area contributed by atoms with Gasteiger partial charge in [0.25, 0.3) is 0 Å². The zero-order valence-electron chi connectivity index (χ0n) is 8.48. The van der Waals surface area contributed by atoms with Gasteiger partial charge in [-0.15, -0.1) is 6.58 Å². The van der Waals surface area contributed by atoms with Crippen LogP contribution in [0.1, 0.15) is 19.3 Å². The Morgan fingerprint density at radius 1 is 1.36 bits per heavy atom.